The lowest BCUT2D eigenvalue weighted by atomic mass is 10.1. The first-order chi connectivity index (χ1) is 13.1. The Morgan fingerprint density at radius 1 is 1.11 bits per heavy atom. The number of amides is 1. The highest BCUT2D eigenvalue weighted by molar-refractivity contribution is 6.01. The molecule has 0 saturated heterocycles. The first kappa shape index (κ1) is 18.2. The van der Waals surface area contributed by atoms with E-state index >= 15 is 0 Å². The van der Waals surface area contributed by atoms with Gasteiger partial charge in [0.2, 0.25) is 0 Å². The Kier molecular flexibility index (Phi) is 5.48. The van der Waals surface area contributed by atoms with Crippen LogP contribution in [0.2, 0.25) is 0 Å². The van der Waals surface area contributed by atoms with E-state index in [0.29, 0.717) is 17.1 Å². The molecule has 1 heterocycles. The van der Waals surface area contributed by atoms with Gasteiger partial charge in [0.1, 0.15) is 29.0 Å². The molecule has 0 bridgehead atoms. The molecule has 1 atom stereocenters. The topological polar surface area (TPSA) is 66.0 Å². The van der Waals surface area contributed by atoms with Crippen molar-refractivity contribution in [1.82, 2.24) is 5.32 Å². The van der Waals surface area contributed by atoms with Crippen LogP contribution in [0.15, 0.2) is 76.7 Å². The molecule has 5 heteroatoms. The summed E-state index contributed by atoms with van der Waals surface area (Å²) in [6.07, 6.45) is 1.34. The summed E-state index contributed by atoms with van der Waals surface area (Å²) in [6, 6.07) is 20.5. The van der Waals surface area contributed by atoms with Crippen LogP contribution in [0.4, 0.5) is 4.39 Å². The fraction of sp³-hybridized carbons (Fsp3) is 0.0909. The van der Waals surface area contributed by atoms with Crippen molar-refractivity contribution in [1.29, 1.82) is 5.26 Å². The number of hydrogen-bond acceptors (Lipinski definition) is 3. The maximum atomic E-state index is 13.9. The highest BCUT2D eigenvalue weighted by Crippen LogP contribution is 2.25. The number of benzene rings is 2. The summed E-state index contributed by atoms with van der Waals surface area (Å²) >= 11 is 0. The van der Waals surface area contributed by atoms with Crippen molar-refractivity contribution in [3.8, 4) is 17.4 Å². The molecule has 27 heavy (non-hydrogen) atoms. The molecule has 134 valence electrons. The number of rotatable bonds is 5. The van der Waals surface area contributed by atoms with Crippen LogP contribution in [0.25, 0.3) is 17.4 Å². The van der Waals surface area contributed by atoms with Crippen LogP contribution < -0.4 is 5.32 Å². The third-order valence-corrected chi connectivity index (χ3v) is 4.06. The van der Waals surface area contributed by atoms with Crippen molar-refractivity contribution >= 4 is 12.0 Å². The number of nitrogens with zero attached hydrogens (tertiary/aromatic N) is 1. The molecule has 0 aliphatic rings. The summed E-state index contributed by atoms with van der Waals surface area (Å²) in [6.45, 7) is 1.84. The second kappa shape index (κ2) is 8.15. The zero-order chi connectivity index (χ0) is 19.2. The first-order valence-corrected chi connectivity index (χ1v) is 8.41. The number of nitrogens with one attached hydrogen (secondary N) is 1. The Morgan fingerprint density at radius 2 is 1.81 bits per heavy atom. The smallest absolute Gasteiger partial charge is 0.262 e. The zero-order valence-electron chi connectivity index (χ0n) is 14.6. The lowest BCUT2D eigenvalue weighted by Crippen LogP contribution is -2.27. The predicted octanol–water partition coefficient (Wildman–Crippen LogP) is 4.87. The van der Waals surface area contributed by atoms with Crippen molar-refractivity contribution in [3.05, 3.63) is 89.4 Å². The molecule has 0 aliphatic heterocycles. The number of carbonyl (C=O) groups is 1. The Balaban J connectivity index is 1.78. The fourth-order valence-electron chi connectivity index (χ4n) is 2.63. The molecular weight excluding hydrogens is 343 g/mol. The second-order valence-electron chi connectivity index (χ2n) is 5.96. The number of carbonyl (C=O) groups excluding carboxylic acids is 1. The molecule has 1 amide bonds. The molecule has 1 N–H and O–H groups in total. The van der Waals surface area contributed by atoms with Crippen molar-refractivity contribution in [2.75, 3.05) is 0 Å². The van der Waals surface area contributed by atoms with E-state index in [4.69, 9.17) is 4.42 Å². The fourth-order valence-corrected chi connectivity index (χ4v) is 2.63. The number of hydrogen-bond donors (Lipinski definition) is 1. The quantitative estimate of drug-likeness (QED) is 0.521. The summed E-state index contributed by atoms with van der Waals surface area (Å²) in [5.41, 5.74) is 1.16. The van der Waals surface area contributed by atoms with Crippen molar-refractivity contribution in [3.63, 3.8) is 0 Å². The number of furan rings is 1. The van der Waals surface area contributed by atoms with E-state index in [2.05, 4.69) is 5.32 Å². The van der Waals surface area contributed by atoms with Crippen LogP contribution in [-0.4, -0.2) is 5.91 Å². The highest BCUT2D eigenvalue weighted by atomic mass is 19.1. The van der Waals surface area contributed by atoms with E-state index in [1.807, 2.05) is 43.3 Å². The van der Waals surface area contributed by atoms with E-state index in [-0.39, 0.29) is 11.6 Å². The summed E-state index contributed by atoms with van der Waals surface area (Å²) < 4.78 is 19.4. The molecule has 4 nitrogen and oxygen atoms in total. The summed E-state index contributed by atoms with van der Waals surface area (Å²) in [7, 11) is 0. The monoisotopic (exact) mass is 360 g/mol. The van der Waals surface area contributed by atoms with Crippen LogP contribution in [0.3, 0.4) is 0 Å². The third kappa shape index (κ3) is 4.31. The average molecular weight is 360 g/mol. The van der Waals surface area contributed by atoms with Crippen LogP contribution in [0, 0.1) is 17.1 Å². The molecule has 0 aliphatic carbocycles. The van der Waals surface area contributed by atoms with E-state index in [1.54, 1.807) is 30.3 Å². The zero-order valence-corrected chi connectivity index (χ0v) is 14.6. The van der Waals surface area contributed by atoms with Gasteiger partial charge >= 0.3 is 0 Å². The lowest BCUT2D eigenvalue weighted by Gasteiger charge is -2.13. The van der Waals surface area contributed by atoms with Crippen LogP contribution in [0.5, 0.6) is 0 Å². The highest BCUT2D eigenvalue weighted by Gasteiger charge is 2.15. The van der Waals surface area contributed by atoms with Gasteiger partial charge in [-0.2, -0.15) is 5.26 Å². The minimum absolute atomic E-state index is 0.0905. The van der Waals surface area contributed by atoms with Gasteiger partial charge in [-0.05, 0) is 36.8 Å². The molecule has 2 aromatic carbocycles. The van der Waals surface area contributed by atoms with Gasteiger partial charge in [0, 0.05) is 6.08 Å². The Bertz CT molecular complexity index is 1020. The molecule has 0 radical (unpaired) electrons. The molecule has 3 rings (SSSR count). The molecule has 3 aromatic rings. The van der Waals surface area contributed by atoms with Crippen molar-refractivity contribution < 1.29 is 13.6 Å². The molecule has 0 saturated carbocycles. The second-order valence-corrected chi connectivity index (χ2v) is 5.96. The number of nitriles is 1. The van der Waals surface area contributed by atoms with Crippen LogP contribution in [0.1, 0.15) is 24.3 Å². The Labute approximate surface area is 156 Å². The molecule has 0 fully saturated rings. The van der Waals surface area contributed by atoms with E-state index in [9.17, 15) is 14.4 Å². The van der Waals surface area contributed by atoms with Gasteiger partial charge in [-0.15, -0.1) is 0 Å². The third-order valence-electron chi connectivity index (χ3n) is 4.06. The van der Waals surface area contributed by atoms with Crippen LogP contribution in [-0.2, 0) is 4.79 Å². The lowest BCUT2D eigenvalue weighted by molar-refractivity contribution is -0.117. The van der Waals surface area contributed by atoms with E-state index in [1.165, 1.54) is 12.1 Å². The van der Waals surface area contributed by atoms with Gasteiger partial charge in [-0.1, -0.05) is 42.5 Å². The van der Waals surface area contributed by atoms with Gasteiger partial charge in [0.05, 0.1) is 11.6 Å². The SMILES string of the molecule is C[C@@H](NC(=O)/C(C#N)=C/c1ccc(-c2ccccc2F)o1)c1ccccc1. The summed E-state index contributed by atoms with van der Waals surface area (Å²) in [4.78, 5) is 12.4. The Morgan fingerprint density at radius 3 is 2.52 bits per heavy atom. The Hall–Kier alpha value is -3.65. The molecule has 1 aromatic heterocycles. The molecular formula is C22H17FN2O2. The standard InChI is InChI=1S/C22H17FN2O2/c1-15(16-7-3-2-4-8-16)25-22(26)17(14-24)13-18-11-12-21(27-18)19-9-5-6-10-20(19)23/h2-13,15H,1H3,(H,25,26)/b17-13+/t15-/m1/s1. The summed E-state index contributed by atoms with van der Waals surface area (Å²) in [5.74, 6) is -0.281. The minimum Gasteiger partial charge on any atom is -0.457 e. The van der Waals surface area contributed by atoms with E-state index in [0.717, 1.165) is 5.56 Å². The van der Waals surface area contributed by atoms with Gasteiger partial charge in [-0.3, -0.25) is 4.79 Å². The van der Waals surface area contributed by atoms with Crippen molar-refractivity contribution in [2.45, 2.75) is 13.0 Å². The van der Waals surface area contributed by atoms with Crippen molar-refractivity contribution in [2.24, 2.45) is 0 Å². The van der Waals surface area contributed by atoms with Gasteiger partial charge in [-0.25, -0.2) is 4.39 Å². The maximum absolute atomic E-state index is 13.9. The predicted molar refractivity (Wildman–Crippen MR) is 101 cm³/mol. The molecule has 0 unspecified atom stereocenters. The normalized spacial score (nSPS) is 12.3. The summed E-state index contributed by atoms with van der Waals surface area (Å²) in [5, 5.41) is 12.1. The molecule has 0 spiro atoms. The van der Waals surface area contributed by atoms with E-state index < -0.39 is 11.7 Å². The van der Waals surface area contributed by atoms with Gasteiger partial charge in [0.15, 0.2) is 0 Å². The number of halogens is 1. The largest absolute Gasteiger partial charge is 0.457 e. The van der Waals surface area contributed by atoms with Gasteiger partial charge in [0.25, 0.3) is 5.91 Å². The van der Waals surface area contributed by atoms with Crippen LogP contribution >= 0.6 is 0 Å². The average Bonchev–Trinajstić information content (AvgIpc) is 3.15. The van der Waals surface area contributed by atoms with Gasteiger partial charge < -0.3 is 9.73 Å². The minimum atomic E-state index is -0.502. The first-order valence-electron chi connectivity index (χ1n) is 8.41. The maximum Gasteiger partial charge on any atom is 0.262 e.